The fourth-order valence-corrected chi connectivity index (χ4v) is 3.10. The van der Waals surface area contributed by atoms with Gasteiger partial charge in [-0.15, -0.1) is 0 Å². The Labute approximate surface area is 138 Å². The van der Waals surface area contributed by atoms with Crippen LogP contribution in [0, 0.1) is 0 Å². The summed E-state index contributed by atoms with van der Waals surface area (Å²) in [5.41, 5.74) is -0.975. The van der Waals surface area contributed by atoms with Crippen LogP contribution in [0.3, 0.4) is 0 Å². The second kappa shape index (κ2) is 7.79. The van der Waals surface area contributed by atoms with E-state index in [0.717, 1.165) is 25.4 Å². The summed E-state index contributed by atoms with van der Waals surface area (Å²) >= 11 is 0. The molecule has 0 aliphatic carbocycles. The van der Waals surface area contributed by atoms with Crippen LogP contribution >= 0.6 is 0 Å². The van der Waals surface area contributed by atoms with E-state index in [1.54, 1.807) is 6.92 Å². The number of piperidine rings is 1. The van der Waals surface area contributed by atoms with Crippen LogP contribution < -0.4 is 4.74 Å². The van der Waals surface area contributed by atoms with Crippen LogP contribution in [0.4, 0.5) is 0 Å². The van der Waals surface area contributed by atoms with Gasteiger partial charge in [-0.05, 0) is 39.3 Å². The Balaban J connectivity index is 1.93. The van der Waals surface area contributed by atoms with Crippen molar-refractivity contribution < 1.29 is 14.6 Å². The third kappa shape index (κ3) is 4.69. The number of amides is 1. The highest BCUT2D eigenvalue weighted by Crippen LogP contribution is 2.26. The number of carbonyl (C=O) groups excluding carboxylic acids is 1. The van der Waals surface area contributed by atoms with E-state index in [1.165, 1.54) is 0 Å². The molecule has 1 aliphatic rings. The number of aliphatic hydroxyl groups is 1. The van der Waals surface area contributed by atoms with Crippen LogP contribution in [-0.2, 0) is 4.79 Å². The molecule has 5 heteroatoms. The number of benzene rings is 1. The molecule has 1 aromatic rings. The van der Waals surface area contributed by atoms with E-state index < -0.39 is 5.60 Å². The van der Waals surface area contributed by atoms with Gasteiger partial charge in [-0.2, -0.15) is 0 Å². The number of hydrogen-bond acceptors (Lipinski definition) is 4. The second-order valence-electron chi connectivity index (χ2n) is 6.34. The first-order valence-corrected chi connectivity index (χ1v) is 8.40. The van der Waals surface area contributed by atoms with Gasteiger partial charge in [-0.25, -0.2) is 0 Å². The summed E-state index contributed by atoms with van der Waals surface area (Å²) in [6, 6.07) is 9.56. The van der Waals surface area contributed by atoms with Crippen molar-refractivity contribution in [2.24, 2.45) is 0 Å². The molecule has 1 fully saturated rings. The molecule has 0 unspecified atom stereocenters. The molecule has 128 valence electrons. The summed E-state index contributed by atoms with van der Waals surface area (Å²) in [6.45, 7) is 8.75. The van der Waals surface area contributed by atoms with Crippen LogP contribution in [0.2, 0.25) is 0 Å². The normalized spacial score (nSPS) is 25.1. The molecule has 0 aromatic heterocycles. The van der Waals surface area contributed by atoms with Gasteiger partial charge in [0.15, 0.2) is 0 Å². The van der Waals surface area contributed by atoms with Crippen molar-refractivity contribution in [1.82, 2.24) is 9.80 Å². The number of carbonyl (C=O) groups is 1. The highest BCUT2D eigenvalue weighted by Gasteiger charge is 2.40. The van der Waals surface area contributed by atoms with E-state index in [2.05, 4.69) is 0 Å². The quantitative estimate of drug-likeness (QED) is 0.868. The Bertz CT molecular complexity index is 500. The molecule has 1 aromatic carbocycles. The molecule has 0 spiro atoms. The molecule has 0 bridgehead atoms. The SMILES string of the molecule is CCN(CC)C(=O)CN1CC[C@H](Oc2ccccc2)[C@@](C)(O)C1. The first-order valence-electron chi connectivity index (χ1n) is 8.40. The number of nitrogens with zero attached hydrogens (tertiary/aromatic N) is 2. The van der Waals surface area contributed by atoms with E-state index in [9.17, 15) is 9.90 Å². The van der Waals surface area contributed by atoms with Gasteiger partial charge in [0.05, 0.1) is 6.54 Å². The summed E-state index contributed by atoms with van der Waals surface area (Å²) in [5.74, 6) is 0.888. The van der Waals surface area contributed by atoms with E-state index in [4.69, 9.17) is 4.74 Å². The fraction of sp³-hybridized carbons (Fsp3) is 0.611. The Morgan fingerprint density at radius 3 is 2.57 bits per heavy atom. The van der Waals surface area contributed by atoms with Crippen LogP contribution in [0.1, 0.15) is 27.2 Å². The lowest BCUT2D eigenvalue weighted by molar-refractivity contribution is -0.136. The largest absolute Gasteiger partial charge is 0.487 e. The molecule has 1 heterocycles. The van der Waals surface area contributed by atoms with Gasteiger partial charge in [0.1, 0.15) is 17.5 Å². The fourth-order valence-electron chi connectivity index (χ4n) is 3.10. The maximum Gasteiger partial charge on any atom is 0.236 e. The Morgan fingerprint density at radius 2 is 2.00 bits per heavy atom. The Kier molecular flexibility index (Phi) is 6.02. The van der Waals surface area contributed by atoms with Gasteiger partial charge < -0.3 is 14.7 Å². The smallest absolute Gasteiger partial charge is 0.236 e. The minimum Gasteiger partial charge on any atom is -0.487 e. The van der Waals surface area contributed by atoms with E-state index in [0.29, 0.717) is 19.5 Å². The minimum absolute atomic E-state index is 0.119. The predicted molar refractivity (Wildman–Crippen MR) is 90.5 cm³/mol. The molecular formula is C18H28N2O3. The summed E-state index contributed by atoms with van der Waals surface area (Å²) in [6.07, 6.45) is 0.442. The summed E-state index contributed by atoms with van der Waals surface area (Å²) in [7, 11) is 0. The van der Waals surface area contributed by atoms with Crippen LogP contribution in [0.5, 0.6) is 5.75 Å². The molecule has 5 nitrogen and oxygen atoms in total. The van der Waals surface area contributed by atoms with Crippen molar-refractivity contribution in [2.45, 2.75) is 38.9 Å². The van der Waals surface area contributed by atoms with E-state index >= 15 is 0 Å². The zero-order chi connectivity index (χ0) is 16.9. The molecule has 23 heavy (non-hydrogen) atoms. The number of rotatable bonds is 6. The average molecular weight is 320 g/mol. The average Bonchev–Trinajstić information content (AvgIpc) is 2.52. The zero-order valence-corrected chi connectivity index (χ0v) is 14.4. The molecule has 1 saturated heterocycles. The summed E-state index contributed by atoms with van der Waals surface area (Å²) < 4.78 is 5.94. The highest BCUT2D eigenvalue weighted by atomic mass is 16.5. The number of hydrogen-bond donors (Lipinski definition) is 1. The monoisotopic (exact) mass is 320 g/mol. The third-order valence-corrected chi connectivity index (χ3v) is 4.44. The van der Waals surface area contributed by atoms with Crippen molar-refractivity contribution in [3.8, 4) is 5.75 Å². The lowest BCUT2D eigenvalue weighted by Crippen LogP contribution is -2.58. The van der Waals surface area contributed by atoms with E-state index in [-0.39, 0.29) is 12.0 Å². The number of likely N-dealkylation sites (N-methyl/N-ethyl adjacent to an activating group) is 1. The van der Waals surface area contributed by atoms with Gasteiger partial charge in [0.25, 0.3) is 0 Å². The second-order valence-corrected chi connectivity index (χ2v) is 6.34. The minimum atomic E-state index is -0.975. The van der Waals surface area contributed by atoms with Crippen molar-refractivity contribution in [1.29, 1.82) is 0 Å². The van der Waals surface area contributed by atoms with Crippen LogP contribution in [0.15, 0.2) is 30.3 Å². The standard InChI is InChI=1S/C18H28N2O3/c1-4-20(5-2)17(21)13-19-12-11-16(18(3,22)14-19)23-15-9-7-6-8-10-15/h6-10,16,22H,4-5,11-14H2,1-3H3/t16-,18-/m0/s1. The number of ether oxygens (including phenoxy) is 1. The molecule has 2 rings (SSSR count). The third-order valence-electron chi connectivity index (χ3n) is 4.44. The van der Waals surface area contributed by atoms with Gasteiger partial charge in [0.2, 0.25) is 5.91 Å². The van der Waals surface area contributed by atoms with Crippen molar-refractivity contribution in [3.05, 3.63) is 30.3 Å². The topological polar surface area (TPSA) is 53.0 Å². The molecule has 1 N–H and O–H groups in total. The Morgan fingerprint density at radius 1 is 1.35 bits per heavy atom. The first kappa shape index (κ1) is 17.8. The lowest BCUT2D eigenvalue weighted by atomic mass is 9.91. The Hall–Kier alpha value is -1.59. The maximum atomic E-state index is 12.2. The van der Waals surface area contributed by atoms with Gasteiger partial charge in [-0.1, -0.05) is 18.2 Å². The molecule has 1 amide bonds. The predicted octanol–water partition coefficient (Wildman–Crippen LogP) is 1.76. The molecular weight excluding hydrogens is 292 g/mol. The molecule has 0 saturated carbocycles. The highest BCUT2D eigenvalue weighted by molar-refractivity contribution is 5.78. The van der Waals surface area contributed by atoms with Crippen molar-refractivity contribution in [3.63, 3.8) is 0 Å². The number of likely N-dealkylation sites (tertiary alicyclic amines) is 1. The van der Waals surface area contributed by atoms with Gasteiger partial charge in [0, 0.05) is 26.2 Å². The van der Waals surface area contributed by atoms with E-state index in [1.807, 2.05) is 54.0 Å². The van der Waals surface area contributed by atoms with Crippen LogP contribution in [-0.4, -0.2) is 65.2 Å². The van der Waals surface area contributed by atoms with Gasteiger partial charge >= 0.3 is 0 Å². The van der Waals surface area contributed by atoms with Gasteiger partial charge in [-0.3, -0.25) is 9.69 Å². The van der Waals surface area contributed by atoms with Crippen molar-refractivity contribution in [2.75, 3.05) is 32.7 Å². The van der Waals surface area contributed by atoms with Crippen LogP contribution in [0.25, 0.3) is 0 Å². The van der Waals surface area contributed by atoms with Crippen molar-refractivity contribution >= 4 is 5.91 Å². The zero-order valence-electron chi connectivity index (χ0n) is 14.4. The number of β-amino-alcohol motifs (C(OH)–C–C–N with tert-alkyl or cyclic N) is 1. The lowest BCUT2D eigenvalue weighted by Gasteiger charge is -2.42. The number of para-hydroxylation sites is 1. The maximum absolute atomic E-state index is 12.2. The first-order chi connectivity index (χ1) is 11.0. The summed E-state index contributed by atoms with van der Waals surface area (Å²) in [4.78, 5) is 16.1. The molecule has 1 aliphatic heterocycles. The molecule has 0 radical (unpaired) electrons. The molecule has 2 atom stereocenters. The summed E-state index contributed by atoms with van der Waals surface area (Å²) in [5, 5.41) is 10.7.